The molecule has 0 bridgehead atoms. The molecule has 0 spiro atoms. The average molecular weight is 390 g/mol. The van der Waals surface area contributed by atoms with Crippen molar-refractivity contribution in [1.82, 2.24) is 14.8 Å². The van der Waals surface area contributed by atoms with Gasteiger partial charge in [0.2, 0.25) is 0 Å². The van der Waals surface area contributed by atoms with Crippen LogP contribution in [0.15, 0.2) is 36.7 Å². The molecule has 1 saturated heterocycles. The lowest BCUT2D eigenvalue weighted by molar-refractivity contribution is 0.0628. The van der Waals surface area contributed by atoms with Crippen molar-refractivity contribution in [2.24, 2.45) is 0 Å². The standard InChI is InChI=1S/C20H24ClN3O3/c1-3-27-19-17(21)11-16(12-18(19)26-2)20(25)24-9-7-23(8-10-24)14-15-5-4-6-22-13-15/h4-6,11-13H,3,7-10,14H2,1-2H3. The normalized spacial score (nSPS) is 14.9. The largest absolute Gasteiger partial charge is 0.493 e. The van der Waals surface area contributed by atoms with E-state index < -0.39 is 0 Å². The minimum Gasteiger partial charge on any atom is -0.493 e. The summed E-state index contributed by atoms with van der Waals surface area (Å²) in [6.07, 6.45) is 3.65. The highest BCUT2D eigenvalue weighted by atomic mass is 35.5. The van der Waals surface area contributed by atoms with Crippen LogP contribution in [0.5, 0.6) is 11.5 Å². The molecule has 1 aliphatic rings. The van der Waals surface area contributed by atoms with Crippen LogP contribution >= 0.6 is 11.6 Å². The first-order valence-electron chi connectivity index (χ1n) is 9.03. The number of carbonyl (C=O) groups is 1. The molecule has 1 aromatic heterocycles. The second-order valence-corrected chi connectivity index (χ2v) is 6.76. The fraction of sp³-hybridized carbons (Fsp3) is 0.400. The molecule has 0 saturated carbocycles. The van der Waals surface area contributed by atoms with Gasteiger partial charge in [-0.1, -0.05) is 17.7 Å². The fourth-order valence-electron chi connectivity index (χ4n) is 3.17. The van der Waals surface area contributed by atoms with Crippen LogP contribution in [-0.2, 0) is 6.54 Å². The van der Waals surface area contributed by atoms with E-state index >= 15 is 0 Å². The van der Waals surface area contributed by atoms with Crippen molar-refractivity contribution >= 4 is 17.5 Å². The molecule has 0 unspecified atom stereocenters. The van der Waals surface area contributed by atoms with Gasteiger partial charge in [0.05, 0.1) is 18.7 Å². The van der Waals surface area contributed by atoms with E-state index in [-0.39, 0.29) is 5.91 Å². The van der Waals surface area contributed by atoms with Gasteiger partial charge in [-0.3, -0.25) is 14.7 Å². The van der Waals surface area contributed by atoms with Crippen LogP contribution < -0.4 is 9.47 Å². The van der Waals surface area contributed by atoms with E-state index in [9.17, 15) is 4.79 Å². The third-order valence-corrected chi connectivity index (χ3v) is 4.83. The number of pyridine rings is 1. The Hall–Kier alpha value is -2.31. The first-order valence-corrected chi connectivity index (χ1v) is 9.41. The zero-order valence-corrected chi connectivity index (χ0v) is 16.4. The lowest BCUT2D eigenvalue weighted by atomic mass is 10.1. The second-order valence-electron chi connectivity index (χ2n) is 6.35. The van der Waals surface area contributed by atoms with Crippen molar-refractivity contribution in [2.45, 2.75) is 13.5 Å². The lowest BCUT2D eigenvalue weighted by Gasteiger charge is -2.34. The smallest absolute Gasteiger partial charge is 0.254 e. The van der Waals surface area contributed by atoms with E-state index in [2.05, 4.69) is 16.0 Å². The Labute approximate surface area is 164 Å². The Bertz CT molecular complexity index is 778. The predicted octanol–water partition coefficient (Wildman–Crippen LogP) is 3.10. The maximum atomic E-state index is 12.9. The van der Waals surface area contributed by atoms with Gasteiger partial charge in [-0.15, -0.1) is 0 Å². The Morgan fingerprint density at radius 2 is 2.04 bits per heavy atom. The topological polar surface area (TPSA) is 54.9 Å². The van der Waals surface area contributed by atoms with E-state index in [4.69, 9.17) is 21.1 Å². The Kier molecular flexibility index (Phi) is 6.53. The summed E-state index contributed by atoms with van der Waals surface area (Å²) in [4.78, 5) is 21.2. The number of amides is 1. The maximum Gasteiger partial charge on any atom is 0.254 e. The monoisotopic (exact) mass is 389 g/mol. The molecule has 1 fully saturated rings. The summed E-state index contributed by atoms with van der Waals surface area (Å²) in [5.41, 5.74) is 1.70. The van der Waals surface area contributed by atoms with Crippen LogP contribution in [0.4, 0.5) is 0 Å². The van der Waals surface area contributed by atoms with Crippen LogP contribution in [-0.4, -0.2) is 60.6 Å². The van der Waals surface area contributed by atoms with E-state index in [0.717, 1.165) is 19.6 Å². The Balaban J connectivity index is 1.64. The molecule has 0 aliphatic carbocycles. The first kappa shape index (κ1) is 19.5. The number of methoxy groups -OCH3 is 1. The van der Waals surface area contributed by atoms with Gasteiger partial charge in [-0.25, -0.2) is 0 Å². The maximum absolute atomic E-state index is 12.9. The SMILES string of the molecule is CCOc1c(Cl)cc(C(=O)N2CCN(Cc3cccnc3)CC2)cc1OC. The summed E-state index contributed by atoms with van der Waals surface area (Å²) < 4.78 is 10.9. The quantitative estimate of drug-likeness (QED) is 0.759. The van der Waals surface area contributed by atoms with Gasteiger partial charge in [0.1, 0.15) is 0 Å². The molecule has 0 N–H and O–H groups in total. The molecule has 0 radical (unpaired) electrons. The number of ether oxygens (including phenoxy) is 2. The summed E-state index contributed by atoms with van der Waals surface area (Å²) >= 11 is 6.30. The molecule has 2 heterocycles. The molecule has 1 aromatic carbocycles. The molecule has 27 heavy (non-hydrogen) atoms. The van der Waals surface area contributed by atoms with E-state index in [1.165, 1.54) is 5.56 Å². The summed E-state index contributed by atoms with van der Waals surface area (Å²) in [5, 5.41) is 0.384. The van der Waals surface area contributed by atoms with Crippen molar-refractivity contribution in [3.63, 3.8) is 0 Å². The Morgan fingerprint density at radius 1 is 1.26 bits per heavy atom. The zero-order chi connectivity index (χ0) is 19.2. The second kappa shape index (κ2) is 9.06. The molecular formula is C20H24ClN3O3. The molecule has 1 aliphatic heterocycles. The number of piperazine rings is 1. The van der Waals surface area contributed by atoms with E-state index in [1.807, 2.05) is 24.1 Å². The van der Waals surface area contributed by atoms with Crippen LogP contribution in [0.25, 0.3) is 0 Å². The molecule has 1 amide bonds. The van der Waals surface area contributed by atoms with Crippen molar-refractivity contribution < 1.29 is 14.3 Å². The van der Waals surface area contributed by atoms with Gasteiger partial charge in [0.25, 0.3) is 5.91 Å². The third-order valence-electron chi connectivity index (χ3n) is 4.55. The minimum atomic E-state index is -0.0423. The number of benzene rings is 1. The average Bonchev–Trinajstić information content (AvgIpc) is 2.70. The molecule has 7 heteroatoms. The number of halogens is 1. The van der Waals surface area contributed by atoms with Gasteiger partial charge in [0.15, 0.2) is 11.5 Å². The van der Waals surface area contributed by atoms with Gasteiger partial charge in [-0.05, 0) is 30.7 Å². The highest BCUT2D eigenvalue weighted by Crippen LogP contribution is 2.36. The first-order chi connectivity index (χ1) is 13.1. The van der Waals surface area contributed by atoms with Gasteiger partial charge in [-0.2, -0.15) is 0 Å². The predicted molar refractivity (Wildman–Crippen MR) is 105 cm³/mol. The van der Waals surface area contributed by atoms with Crippen LogP contribution in [0, 0.1) is 0 Å². The zero-order valence-electron chi connectivity index (χ0n) is 15.7. The van der Waals surface area contributed by atoms with Crippen molar-refractivity contribution in [1.29, 1.82) is 0 Å². The highest BCUT2D eigenvalue weighted by Gasteiger charge is 2.24. The molecular weight excluding hydrogens is 366 g/mol. The molecule has 3 rings (SSSR count). The number of hydrogen-bond acceptors (Lipinski definition) is 5. The molecule has 0 atom stereocenters. The fourth-order valence-corrected chi connectivity index (χ4v) is 3.43. The van der Waals surface area contributed by atoms with Gasteiger partial charge in [0, 0.05) is 50.7 Å². The molecule has 144 valence electrons. The number of rotatable bonds is 6. The van der Waals surface area contributed by atoms with Crippen molar-refractivity contribution in [2.75, 3.05) is 39.9 Å². The number of hydrogen-bond donors (Lipinski definition) is 0. The summed E-state index contributed by atoms with van der Waals surface area (Å²) in [6.45, 7) is 6.18. The molecule has 2 aromatic rings. The lowest BCUT2D eigenvalue weighted by Crippen LogP contribution is -2.48. The van der Waals surface area contributed by atoms with Gasteiger partial charge >= 0.3 is 0 Å². The molecule has 6 nitrogen and oxygen atoms in total. The highest BCUT2D eigenvalue weighted by molar-refractivity contribution is 6.32. The number of carbonyl (C=O) groups excluding carboxylic acids is 1. The van der Waals surface area contributed by atoms with Gasteiger partial charge < -0.3 is 14.4 Å². The Morgan fingerprint density at radius 3 is 2.67 bits per heavy atom. The van der Waals surface area contributed by atoms with Crippen molar-refractivity contribution in [3.8, 4) is 11.5 Å². The third kappa shape index (κ3) is 4.70. The number of aromatic nitrogens is 1. The van der Waals surface area contributed by atoms with E-state index in [1.54, 1.807) is 25.4 Å². The van der Waals surface area contributed by atoms with Crippen LogP contribution in [0.1, 0.15) is 22.8 Å². The summed E-state index contributed by atoms with van der Waals surface area (Å²) in [5.74, 6) is 0.904. The summed E-state index contributed by atoms with van der Waals surface area (Å²) in [6, 6.07) is 7.36. The summed E-state index contributed by atoms with van der Waals surface area (Å²) in [7, 11) is 1.54. The van der Waals surface area contributed by atoms with E-state index in [0.29, 0.717) is 41.8 Å². The minimum absolute atomic E-state index is 0.0423. The van der Waals surface area contributed by atoms with Crippen molar-refractivity contribution in [3.05, 3.63) is 52.8 Å². The number of nitrogens with zero attached hydrogens (tertiary/aromatic N) is 3. The van der Waals surface area contributed by atoms with Crippen LogP contribution in [0.3, 0.4) is 0 Å². The van der Waals surface area contributed by atoms with Crippen LogP contribution in [0.2, 0.25) is 5.02 Å².